The Morgan fingerprint density at radius 3 is 2.44 bits per heavy atom. The molecule has 6 rings (SSSR count). The summed E-state index contributed by atoms with van der Waals surface area (Å²) in [5.41, 5.74) is 4.15. The lowest BCUT2D eigenvalue weighted by molar-refractivity contribution is -0.134. The molecule has 1 aliphatic heterocycles. The van der Waals surface area contributed by atoms with Gasteiger partial charge in [0.1, 0.15) is 23.0 Å². The third-order valence-corrected chi connectivity index (χ3v) is 9.58. The van der Waals surface area contributed by atoms with Gasteiger partial charge < -0.3 is 14.7 Å². The second kappa shape index (κ2) is 11.5. The molecule has 1 saturated carbocycles. The molecule has 12 heteroatoms. The van der Waals surface area contributed by atoms with Crippen LogP contribution in [0.2, 0.25) is 0 Å². The van der Waals surface area contributed by atoms with Gasteiger partial charge in [-0.1, -0.05) is 36.0 Å². The first-order chi connectivity index (χ1) is 20.6. The maximum absolute atomic E-state index is 13.4. The molecule has 1 atom stereocenters. The first-order valence-electron chi connectivity index (χ1n) is 13.6. The van der Waals surface area contributed by atoms with Crippen LogP contribution in [0.15, 0.2) is 88.8 Å². The maximum atomic E-state index is 13.4. The smallest absolute Gasteiger partial charge is 0.352 e. The fourth-order valence-electron chi connectivity index (χ4n) is 5.10. The number of carbonyl (C=O) groups is 1. The van der Waals surface area contributed by atoms with E-state index in [0.29, 0.717) is 29.5 Å². The van der Waals surface area contributed by atoms with Gasteiger partial charge in [0.25, 0.3) is 0 Å². The molecule has 1 unspecified atom stereocenters. The molecule has 1 fully saturated rings. The lowest BCUT2D eigenvalue weighted by Crippen LogP contribution is -2.28. The zero-order valence-electron chi connectivity index (χ0n) is 23.2. The van der Waals surface area contributed by atoms with Crippen molar-refractivity contribution in [2.45, 2.75) is 36.1 Å². The minimum Gasteiger partial charge on any atom is -0.477 e. The first-order valence-corrected chi connectivity index (χ1v) is 16.1. The number of halogens is 1. The molecule has 2 aliphatic rings. The lowest BCUT2D eigenvalue weighted by Gasteiger charge is -2.25. The van der Waals surface area contributed by atoms with Crippen molar-refractivity contribution >= 4 is 27.8 Å². The van der Waals surface area contributed by atoms with E-state index in [2.05, 4.69) is 0 Å². The van der Waals surface area contributed by atoms with Gasteiger partial charge in [-0.25, -0.2) is 27.4 Å². The number of sulfonamides is 1. The number of rotatable bonds is 10. The minimum absolute atomic E-state index is 0.0345. The molecule has 0 bridgehead atoms. The first kappa shape index (κ1) is 29.0. The van der Waals surface area contributed by atoms with Crippen molar-refractivity contribution in [3.8, 4) is 22.8 Å². The molecule has 1 aromatic heterocycles. The minimum atomic E-state index is -3.83. The van der Waals surface area contributed by atoms with Crippen LogP contribution in [0.4, 0.5) is 4.39 Å². The Bertz CT molecular complexity index is 1820. The average Bonchev–Trinajstić information content (AvgIpc) is 3.62. The molecule has 0 amide bonds. The number of benzene rings is 3. The van der Waals surface area contributed by atoms with E-state index >= 15 is 0 Å². The zero-order chi connectivity index (χ0) is 30.3. The van der Waals surface area contributed by atoms with Gasteiger partial charge in [-0.05, 0) is 79.3 Å². The van der Waals surface area contributed by atoms with E-state index in [1.54, 1.807) is 41.6 Å². The molecule has 9 nitrogen and oxygen atoms in total. The summed E-state index contributed by atoms with van der Waals surface area (Å²) in [5, 5.41) is 21.8. The van der Waals surface area contributed by atoms with Crippen molar-refractivity contribution in [3.63, 3.8) is 0 Å². The highest BCUT2D eigenvalue weighted by Crippen LogP contribution is 2.43. The number of carboxylic acid groups (broad SMARTS) is 1. The zero-order valence-corrected chi connectivity index (χ0v) is 24.8. The van der Waals surface area contributed by atoms with Crippen molar-refractivity contribution in [1.82, 2.24) is 14.7 Å². The van der Waals surface area contributed by atoms with Crippen LogP contribution in [-0.4, -0.2) is 41.2 Å². The summed E-state index contributed by atoms with van der Waals surface area (Å²) in [7, 11) is -2.09. The number of nitrogens with two attached hydrogens (primary N) is 1. The molecule has 3 aromatic carbocycles. The molecule has 0 saturated heterocycles. The summed E-state index contributed by atoms with van der Waals surface area (Å²) in [5.74, 6) is 0.183. The number of primary sulfonamides is 1. The summed E-state index contributed by atoms with van der Waals surface area (Å²) in [6.07, 6.45) is 3.45. The second-order valence-electron chi connectivity index (χ2n) is 10.7. The van der Waals surface area contributed by atoms with Crippen molar-refractivity contribution in [2.24, 2.45) is 11.1 Å². The number of thioether (sulfide) groups is 1. The van der Waals surface area contributed by atoms with Crippen molar-refractivity contribution in [2.75, 3.05) is 7.05 Å². The van der Waals surface area contributed by atoms with Crippen molar-refractivity contribution in [3.05, 3.63) is 107 Å². The molecule has 4 aromatic rings. The SMILES string of the molecule is CN1C(C(=O)O)=CSC1n1nc(-c2cccc(Oc3ccc(F)cc3)c2)c(Cc2ccc(S(N)(=O)=O)cc2)c1CC1CC1. The van der Waals surface area contributed by atoms with E-state index in [9.17, 15) is 22.7 Å². The number of likely N-dealkylation sites (N-methyl/N-ethyl adjacent to an activating group) is 1. The van der Waals surface area contributed by atoms with Crippen molar-refractivity contribution in [1.29, 1.82) is 0 Å². The topological polar surface area (TPSA) is 128 Å². The van der Waals surface area contributed by atoms with E-state index in [-0.39, 0.29) is 16.4 Å². The van der Waals surface area contributed by atoms with Gasteiger partial charge >= 0.3 is 5.97 Å². The molecule has 3 N–H and O–H groups in total. The Balaban J connectivity index is 1.44. The van der Waals surface area contributed by atoms with Crippen molar-refractivity contribution < 1.29 is 27.4 Å². The Kier molecular flexibility index (Phi) is 7.75. The molecule has 1 aliphatic carbocycles. The van der Waals surface area contributed by atoms with Crippen LogP contribution in [-0.2, 0) is 27.7 Å². The summed E-state index contributed by atoms with van der Waals surface area (Å²) < 4.78 is 45.0. The Morgan fingerprint density at radius 2 is 1.81 bits per heavy atom. The summed E-state index contributed by atoms with van der Waals surface area (Å²) in [6, 6.07) is 19.7. The van der Waals surface area contributed by atoms with Gasteiger partial charge in [0, 0.05) is 35.7 Å². The van der Waals surface area contributed by atoms with Gasteiger partial charge in [-0.2, -0.15) is 5.10 Å². The van der Waals surface area contributed by atoms with Gasteiger partial charge in [0.2, 0.25) is 10.0 Å². The third-order valence-electron chi connectivity index (χ3n) is 7.53. The number of ether oxygens (including phenoxy) is 1. The van der Waals surface area contributed by atoms with Crippen LogP contribution in [0.3, 0.4) is 0 Å². The van der Waals surface area contributed by atoms with Crippen LogP contribution in [0.1, 0.15) is 35.2 Å². The summed E-state index contributed by atoms with van der Waals surface area (Å²) in [6.45, 7) is 0. The summed E-state index contributed by atoms with van der Waals surface area (Å²) in [4.78, 5) is 13.6. The monoisotopic (exact) mass is 620 g/mol. The third kappa shape index (κ3) is 6.31. The van der Waals surface area contributed by atoms with Crippen LogP contribution in [0, 0.1) is 11.7 Å². The van der Waals surface area contributed by atoms with Gasteiger partial charge in [0.15, 0.2) is 5.50 Å². The maximum Gasteiger partial charge on any atom is 0.352 e. The summed E-state index contributed by atoms with van der Waals surface area (Å²) >= 11 is 1.38. The van der Waals surface area contributed by atoms with E-state index < -0.39 is 21.5 Å². The lowest BCUT2D eigenvalue weighted by atomic mass is 9.97. The van der Waals surface area contributed by atoms with E-state index in [1.807, 2.05) is 28.9 Å². The molecular formula is C31H29FN4O5S2. The van der Waals surface area contributed by atoms with Gasteiger partial charge in [-0.3, -0.25) is 0 Å². The number of hydrogen-bond donors (Lipinski definition) is 2. The normalized spacial score (nSPS) is 16.8. The average molecular weight is 621 g/mol. The van der Waals surface area contributed by atoms with Gasteiger partial charge in [0.05, 0.1) is 10.6 Å². The fourth-order valence-corrected chi connectivity index (χ4v) is 6.72. The highest BCUT2D eigenvalue weighted by Gasteiger charge is 2.35. The van der Waals surface area contributed by atoms with Crippen LogP contribution in [0.25, 0.3) is 11.3 Å². The quantitative estimate of drug-likeness (QED) is 0.230. The molecule has 43 heavy (non-hydrogen) atoms. The van der Waals surface area contributed by atoms with Crippen LogP contribution < -0.4 is 9.88 Å². The number of nitrogens with zero attached hydrogens (tertiary/aromatic N) is 3. The number of aliphatic carboxylic acids is 1. The highest BCUT2D eigenvalue weighted by atomic mass is 32.2. The highest BCUT2D eigenvalue weighted by molar-refractivity contribution is 8.02. The molecule has 0 spiro atoms. The molecule has 222 valence electrons. The predicted octanol–water partition coefficient (Wildman–Crippen LogP) is 5.73. The van der Waals surface area contributed by atoms with E-state index in [1.165, 1.54) is 36.0 Å². The van der Waals surface area contributed by atoms with E-state index in [4.69, 9.17) is 15.0 Å². The largest absolute Gasteiger partial charge is 0.477 e. The van der Waals surface area contributed by atoms with Crippen LogP contribution >= 0.6 is 11.8 Å². The number of hydrogen-bond acceptors (Lipinski definition) is 7. The van der Waals surface area contributed by atoms with Crippen LogP contribution in [0.5, 0.6) is 11.5 Å². The Morgan fingerprint density at radius 1 is 1.09 bits per heavy atom. The Hall–Kier alpha value is -4.13. The Labute approximate surface area is 252 Å². The number of aromatic nitrogens is 2. The van der Waals surface area contributed by atoms with Gasteiger partial charge in [-0.15, -0.1) is 0 Å². The molecule has 2 heterocycles. The second-order valence-corrected chi connectivity index (χ2v) is 13.2. The fraction of sp³-hybridized carbons (Fsp3) is 0.226. The standard InChI is InChI=1S/C31H29FN4O5S2/c1-35-28(30(37)38)18-42-31(35)36-27(16-20-5-6-20)26(15-19-7-13-25(14-8-19)43(33,39)40)29(34-36)21-3-2-4-24(17-21)41-23-11-9-22(32)10-12-23/h2-4,7-14,17-18,20,31H,5-6,15-16H2,1H3,(H,37,38)(H2,33,39,40). The number of carboxylic acids is 1. The molecular weight excluding hydrogens is 591 g/mol. The van der Waals surface area contributed by atoms with E-state index in [0.717, 1.165) is 41.6 Å². The predicted molar refractivity (Wildman–Crippen MR) is 161 cm³/mol. The molecule has 0 radical (unpaired) electrons.